The predicted molar refractivity (Wildman–Crippen MR) is 113 cm³/mol. The van der Waals surface area contributed by atoms with E-state index >= 15 is 0 Å². The largest absolute Gasteiger partial charge is 0.497 e. The van der Waals surface area contributed by atoms with Crippen LogP contribution in [0, 0.1) is 6.92 Å². The number of hydrogen-bond donors (Lipinski definition) is 0. The van der Waals surface area contributed by atoms with Crippen LogP contribution in [0.25, 0.3) is 11.3 Å². The van der Waals surface area contributed by atoms with Gasteiger partial charge >= 0.3 is 0 Å². The summed E-state index contributed by atoms with van der Waals surface area (Å²) >= 11 is 0. The Balaban J connectivity index is 1.38. The normalized spacial score (nSPS) is 20.4. The lowest BCUT2D eigenvalue weighted by Crippen LogP contribution is -2.45. The molecule has 6 heteroatoms. The fraction of sp³-hybridized carbons (Fsp3) is 0.333. The number of likely N-dealkylation sites (tertiary alicyclic amines) is 1. The number of rotatable bonds is 3. The topological polar surface area (TPSA) is 56.6 Å². The third kappa shape index (κ3) is 3.17. The van der Waals surface area contributed by atoms with Crippen molar-refractivity contribution in [3.63, 3.8) is 0 Å². The summed E-state index contributed by atoms with van der Waals surface area (Å²) < 4.78 is 13.8. The van der Waals surface area contributed by atoms with Gasteiger partial charge in [0.2, 0.25) is 0 Å². The van der Waals surface area contributed by atoms with Crippen molar-refractivity contribution in [2.75, 3.05) is 20.2 Å². The van der Waals surface area contributed by atoms with Crippen molar-refractivity contribution < 1.29 is 14.3 Å². The van der Waals surface area contributed by atoms with Crippen LogP contribution in [0.3, 0.4) is 0 Å². The number of aromatic nitrogens is 2. The van der Waals surface area contributed by atoms with Crippen LogP contribution in [0.2, 0.25) is 0 Å². The Morgan fingerprint density at radius 1 is 1.13 bits per heavy atom. The van der Waals surface area contributed by atoms with E-state index < -0.39 is 0 Å². The number of amides is 1. The summed E-state index contributed by atoms with van der Waals surface area (Å²) in [6, 6.07) is 15.8. The maximum absolute atomic E-state index is 13.1. The van der Waals surface area contributed by atoms with E-state index in [9.17, 15) is 4.79 Å². The lowest BCUT2D eigenvalue weighted by molar-refractivity contribution is -0.0804. The van der Waals surface area contributed by atoms with E-state index in [1.54, 1.807) is 7.11 Å². The number of methoxy groups -OCH3 is 1. The van der Waals surface area contributed by atoms with Gasteiger partial charge in [-0.2, -0.15) is 0 Å². The minimum Gasteiger partial charge on any atom is -0.497 e. The fourth-order valence-corrected chi connectivity index (χ4v) is 4.50. The number of nitrogens with zero attached hydrogens (tertiary/aromatic N) is 3. The van der Waals surface area contributed by atoms with Crippen LogP contribution in [0.15, 0.2) is 54.7 Å². The van der Waals surface area contributed by atoms with Gasteiger partial charge < -0.3 is 18.9 Å². The molecule has 2 aliphatic heterocycles. The standard InChI is InChI=1S/C24H25N3O3/c1-17-5-3-4-6-20(17)23(28)26-12-11-24(15-26)16-27-21(13-25-22(27)14-30-24)18-7-9-19(29-2)10-8-18/h3-10,13H,11-12,14-16H2,1-2H3. The molecular formula is C24H25N3O3. The third-order valence-electron chi connectivity index (χ3n) is 6.26. The molecule has 2 aromatic carbocycles. The Morgan fingerprint density at radius 3 is 2.70 bits per heavy atom. The fourth-order valence-electron chi connectivity index (χ4n) is 4.50. The van der Waals surface area contributed by atoms with Gasteiger partial charge in [-0.1, -0.05) is 18.2 Å². The lowest BCUT2D eigenvalue weighted by atomic mass is 10.0. The average molecular weight is 403 g/mol. The van der Waals surface area contributed by atoms with Gasteiger partial charge in [0.1, 0.15) is 23.8 Å². The number of imidazole rings is 1. The van der Waals surface area contributed by atoms with Crippen molar-refractivity contribution in [2.45, 2.75) is 32.1 Å². The second-order valence-electron chi connectivity index (χ2n) is 8.14. The molecule has 3 aromatic rings. The van der Waals surface area contributed by atoms with Crippen LogP contribution in [0.1, 0.15) is 28.2 Å². The number of hydrogen-bond acceptors (Lipinski definition) is 4. The Hall–Kier alpha value is -3.12. The minimum atomic E-state index is -0.368. The first-order valence-corrected chi connectivity index (χ1v) is 10.3. The third-order valence-corrected chi connectivity index (χ3v) is 6.26. The molecule has 0 N–H and O–H groups in total. The zero-order chi connectivity index (χ0) is 20.7. The maximum atomic E-state index is 13.1. The minimum absolute atomic E-state index is 0.0837. The molecule has 1 spiro atoms. The van der Waals surface area contributed by atoms with E-state index in [0.29, 0.717) is 26.2 Å². The molecule has 1 amide bonds. The number of fused-ring (bicyclic) bond motifs is 1. The first-order valence-electron chi connectivity index (χ1n) is 10.3. The zero-order valence-corrected chi connectivity index (χ0v) is 17.3. The second kappa shape index (κ2) is 7.29. The summed E-state index contributed by atoms with van der Waals surface area (Å²) in [5.74, 6) is 1.84. The predicted octanol–water partition coefficient (Wildman–Crippen LogP) is 3.68. The second-order valence-corrected chi connectivity index (χ2v) is 8.14. The summed E-state index contributed by atoms with van der Waals surface area (Å²) in [6.45, 7) is 4.44. The Bertz CT molecular complexity index is 1090. The van der Waals surface area contributed by atoms with Crippen LogP contribution in [-0.4, -0.2) is 46.2 Å². The quantitative estimate of drug-likeness (QED) is 0.669. The molecule has 2 aliphatic rings. The van der Waals surface area contributed by atoms with Crippen LogP contribution in [0.4, 0.5) is 0 Å². The van der Waals surface area contributed by atoms with Crippen molar-refractivity contribution in [2.24, 2.45) is 0 Å². The highest BCUT2D eigenvalue weighted by Crippen LogP contribution is 2.36. The zero-order valence-electron chi connectivity index (χ0n) is 17.3. The van der Waals surface area contributed by atoms with Crippen molar-refractivity contribution in [1.82, 2.24) is 14.5 Å². The van der Waals surface area contributed by atoms with E-state index in [1.807, 2.05) is 66.6 Å². The first kappa shape index (κ1) is 18.9. The summed E-state index contributed by atoms with van der Waals surface area (Å²) in [5, 5.41) is 0. The van der Waals surface area contributed by atoms with Crippen LogP contribution < -0.4 is 4.74 Å². The van der Waals surface area contributed by atoms with E-state index in [0.717, 1.165) is 40.4 Å². The molecule has 1 aromatic heterocycles. The molecule has 0 radical (unpaired) electrons. The van der Waals surface area contributed by atoms with Crippen molar-refractivity contribution in [3.05, 3.63) is 71.7 Å². The van der Waals surface area contributed by atoms with Crippen molar-refractivity contribution in [3.8, 4) is 17.0 Å². The van der Waals surface area contributed by atoms with Gasteiger partial charge in [-0.05, 0) is 49.2 Å². The van der Waals surface area contributed by atoms with Gasteiger partial charge in [-0.15, -0.1) is 0 Å². The molecule has 0 bridgehead atoms. The maximum Gasteiger partial charge on any atom is 0.254 e. The van der Waals surface area contributed by atoms with Gasteiger partial charge in [0.15, 0.2) is 0 Å². The summed E-state index contributed by atoms with van der Waals surface area (Å²) in [4.78, 5) is 19.6. The number of ether oxygens (including phenoxy) is 2. The smallest absolute Gasteiger partial charge is 0.254 e. The molecule has 0 aliphatic carbocycles. The number of aryl methyl sites for hydroxylation is 1. The van der Waals surface area contributed by atoms with Crippen LogP contribution >= 0.6 is 0 Å². The first-order chi connectivity index (χ1) is 14.6. The molecule has 3 heterocycles. The molecule has 30 heavy (non-hydrogen) atoms. The summed E-state index contributed by atoms with van der Waals surface area (Å²) in [5.41, 5.74) is 3.57. The number of carbonyl (C=O) groups is 1. The highest BCUT2D eigenvalue weighted by molar-refractivity contribution is 5.95. The molecule has 0 saturated carbocycles. The average Bonchev–Trinajstić information content (AvgIpc) is 3.38. The molecule has 1 saturated heterocycles. The van der Waals surface area contributed by atoms with Gasteiger partial charge in [-0.3, -0.25) is 4.79 Å². The number of benzene rings is 2. The summed E-state index contributed by atoms with van der Waals surface area (Å²) in [7, 11) is 1.67. The highest BCUT2D eigenvalue weighted by atomic mass is 16.5. The van der Waals surface area contributed by atoms with E-state index in [-0.39, 0.29) is 11.5 Å². The van der Waals surface area contributed by atoms with Crippen molar-refractivity contribution >= 4 is 5.91 Å². The van der Waals surface area contributed by atoms with Crippen LogP contribution in [0.5, 0.6) is 5.75 Å². The van der Waals surface area contributed by atoms with Crippen LogP contribution in [-0.2, 0) is 17.9 Å². The van der Waals surface area contributed by atoms with E-state index in [4.69, 9.17) is 9.47 Å². The highest BCUT2D eigenvalue weighted by Gasteiger charge is 2.44. The summed E-state index contributed by atoms with van der Waals surface area (Å²) in [6.07, 6.45) is 2.73. The molecule has 1 fully saturated rings. The van der Waals surface area contributed by atoms with Gasteiger partial charge in [-0.25, -0.2) is 4.98 Å². The molecule has 1 atom stereocenters. The Kier molecular flexibility index (Phi) is 4.59. The molecule has 1 unspecified atom stereocenters. The van der Waals surface area contributed by atoms with Gasteiger partial charge in [0.05, 0.1) is 32.1 Å². The van der Waals surface area contributed by atoms with E-state index in [1.165, 1.54) is 0 Å². The van der Waals surface area contributed by atoms with Gasteiger partial charge in [0, 0.05) is 17.7 Å². The Labute approximate surface area is 176 Å². The molecule has 154 valence electrons. The number of carbonyl (C=O) groups excluding carboxylic acids is 1. The molecule has 5 rings (SSSR count). The van der Waals surface area contributed by atoms with Gasteiger partial charge in [0.25, 0.3) is 5.91 Å². The molecular weight excluding hydrogens is 378 g/mol. The molecule has 6 nitrogen and oxygen atoms in total. The van der Waals surface area contributed by atoms with Crippen molar-refractivity contribution in [1.29, 1.82) is 0 Å². The lowest BCUT2D eigenvalue weighted by Gasteiger charge is -2.35. The van der Waals surface area contributed by atoms with E-state index in [2.05, 4.69) is 9.55 Å². The monoisotopic (exact) mass is 403 g/mol. The Morgan fingerprint density at radius 2 is 1.93 bits per heavy atom. The SMILES string of the molecule is COc1ccc(-c2cnc3n2CC2(CCN(C(=O)c4ccccc4C)C2)OC3)cc1.